The predicted molar refractivity (Wildman–Crippen MR) is 48.3 cm³/mol. The number of isothiocyanates is 1. The minimum atomic E-state index is 0.863. The van der Waals surface area contributed by atoms with Crippen LogP contribution in [0.4, 0.5) is 0 Å². The smallest absolute Gasteiger partial charge is 0.142 e. The van der Waals surface area contributed by atoms with Crippen LogP contribution in [0.3, 0.4) is 0 Å². The van der Waals surface area contributed by atoms with Crippen LogP contribution >= 0.6 is 12.2 Å². The van der Waals surface area contributed by atoms with E-state index in [9.17, 15) is 0 Å². The van der Waals surface area contributed by atoms with Crippen molar-refractivity contribution in [2.24, 2.45) is 5.16 Å². The molecule has 1 aromatic rings. The lowest BCUT2D eigenvalue weighted by Crippen LogP contribution is -1.88. The van der Waals surface area contributed by atoms with Gasteiger partial charge in [0.05, 0.1) is 12.0 Å². The van der Waals surface area contributed by atoms with Crippen LogP contribution in [-0.2, 0) is 4.84 Å². The van der Waals surface area contributed by atoms with Crippen LogP contribution in [0.5, 0.6) is 0 Å². The molecule has 0 aliphatic heterocycles. The third-order valence-corrected chi connectivity index (χ3v) is 1.30. The monoisotopic (exact) mass is 181 g/mol. The number of aromatic nitrogens is 2. The highest BCUT2D eigenvalue weighted by molar-refractivity contribution is 7.78. The minimum Gasteiger partial charge on any atom is -0.354 e. The van der Waals surface area contributed by atoms with Crippen LogP contribution in [0.25, 0.3) is 5.70 Å². The maximum Gasteiger partial charge on any atom is 0.142 e. The molecule has 0 atom stereocenters. The van der Waals surface area contributed by atoms with Gasteiger partial charge in [-0.15, -0.1) is 0 Å². The molecule has 0 aromatic carbocycles. The fourth-order valence-corrected chi connectivity index (χ4v) is 0.696. The SMILES string of the molecule is C/C(=C/ON=C=S)n1ccnc1. The van der Waals surface area contributed by atoms with Gasteiger partial charge in [0.2, 0.25) is 0 Å². The Hall–Kier alpha value is -1.45. The predicted octanol–water partition coefficient (Wildman–Crippen LogP) is 1.74. The number of nitrogens with zero attached hydrogens (tertiary/aromatic N) is 3. The quantitative estimate of drug-likeness (QED) is 0.308. The second kappa shape index (κ2) is 4.43. The van der Waals surface area contributed by atoms with E-state index in [1.54, 1.807) is 23.3 Å². The van der Waals surface area contributed by atoms with Crippen LogP contribution in [0.15, 0.2) is 30.1 Å². The molecule has 0 saturated heterocycles. The minimum absolute atomic E-state index is 0.863. The number of thiocarbonyl (C=S) groups is 1. The molecule has 1 aromatic heterocycles. The summed E-state index contributed by atoms with van der Waals surface area (Å²) in [6.07, 6.45) is 6.60. The first-order chi connectivity index (χ1) is 5.84. The third kappa shape index (κ3) is 2.30. The number of hydrogen-bond acceptors (Lipinski definition) is 4. The molecule has 1 heterocycles. The van der Waals surface area contributed by atoms with E-state index in [1.165, 1.54) is 6.26 Å². The van der Waals surface area contributed by atoms with Crippen molar-refractivity contribution in [2.45, 2.75) is 6.92 Å². The lowest BCUT2D eigenvalue weighted by Gasteiger charge is -1.97. The molecule has 62 valence electrons. The van der Waals surface area contributed by atoms with Crippen molar-refractivity contribution in [1.82, 2.24) is 9.55 Å². The Kier molecular flexibility index (Phi) is 3.19. The first-order valence-electron chi connectivity index (χ1n) is 3.22. The fraction of sp³-hybridized carbons (Fsp3) is 0.143. The summed E-state index contributed by atoms with van der Waals surface area (Å²) >= 11 is 4.31. The molecule has 0 spiro atoms. The zero-order valence-electron chi connectivity index (χ0n) is 6.47. The molecule has 0 saturated carbocycles. The zero-order chi connectivity index (χ0) is 8.81. The van der Waals surface area contributed by atoms with Crippen molar-refractivity contribution in [3.8, 4) is 0 Å². The molecule has 5 heteroatoms. The molecule has 0 aliphatic carbocycles. The second-order valence-corrected chi connectivity index (χ2v) is 2.20. The van der Waals surface area contributed by atoms with E-state index >= 15 is 0 Å². The molecule has 0 N–H and O–H groups in total. The van der Waals surface area contributed by atoms with E-state index in [1.807, 2.05) is 6.92 Å². The van der Waals surface area contributed by atoms with Crippen molar-refractivity contribution < 1.29 is 4.84 Å². The number of imidazole rings is 1. The van der Waals surface area contributed by atoms with Crippen molar-refractivity contribution >= 4 is 23.1 Å². The summed E-state index contributed by atoms with van der Waals surface area (Å²) in [5.74, 6) is 0. The van der Waals surface area contributed by atoms with E-state index in [0.717, 1.165) is 5.70 Å². The largest absolute Gasteiger partial charge is 0.354 e. The van der Waals surface area contributed by atoms with Gasteiger partial charge in [-0.3, -0.25) is 0 Å². The molecule has 0 unspecified atom stereocenters. The van der Waals surface area contributed by atoms with Gasteiger partial charge >= 0.3 is 0 Å². The van der Waals surface area contributed by atoms with Gasteiger partial charge in [0.1, 0.15) is 11.4 Å². The Morgan fingerprint density at radius 1 is 1.83 bits per heavy atom. The van der Waals surface area contributed by atoms with Gasteiger partial charge in [0.15, 0.2) is 0 Å². The number of hydrogen-bond donors (Lipinski definition) is 0. The van der Waals surface area contributed by atoms with E-state index in [2.05, 4.69) is 32.4 Å². The third-order valence-electron chi connectivity index (χ3n) is 1.22. The molecule has 12 heavy (non-hydrogen) atoms. The average molecular weight is 181 g/mol. The highest BCUT2D eigenvalue weighted by atomic mass is 32.1. The Morgan fingerprint density at radius 2 is 2.67 bits per heavy atom. The van der Waals surface area contributed by atoms with Gasteiger partial charge in [-0.25, -0.2) is 4.98 Å². The van der Waals surface area contributed by atoms with E-state index in [-0.39, 0.29) is 0 Å². The van der Waals surface area contributed by atoms with E-state index in [0.29, 0.717) is 0 Å². The van der Waals surface area contributed by atoms with Crippen molar-refractivity contribution in [1.29, 1.82) is 0 Å². The Morgan fingerprint density at radius 3 is 3.25 bits per heavy atom. The van der Waals surface area contributed by atoms with Crippen LogP contribution in [0, 0.1) is 0 Å². The summed E-state index contributed by atoms with van der Waals surface area (Å²) in [6.45, 7) is 1.86. The Labute approximate surface area is 75.2 Å². The van der Waals surface area contributed by atoms with Crippen molar-refractivity contribution in [2.75, 3.05) is 0 Å². The van der Waals surface area contributed by atoms with Gasteiger partial charge in [-0.05, 0) is 24.3 Å². The molecule has 1 rings (SSSR count). The van der Waals surface area contributed by atoms with E-state index < -0.39 is 0 Å². The second-order valence-electron chi connectivity index (χ2n) is 2.02. The van der Waals surface area contributed by atoms with E-state index in [4.69, 9.17) is 0 Å². The maximum absolute atomic E-state index is 4.67. The topological polar surface area (TPSA) is 39.4 Å². The Bertz CT molecular complexity index is 311. The summed E-state index contributed by atoms with van der Waals surface area (Å²) in [7, 11) is 0. The van der Waals surface area contributed by atoms with Gasteiger partial charge in [0, 0.05) is 12.4 Å². The summed E-state index contributed by atoms with van der Waals surface area (Å²) in [4.78, 5) is 8.54. The summed E-state index contributed by atoms with van der Waals surface area (Å²) in [5, 5.41) is 5.36. The van der Waals surface area contributed by atoms with Gasteiger partial charge in [-0.1, -0.05) is 0 Å². The molecule has 0 aliphatic rings. The lowest BCUT2D eigenvalue weighted by atomic mass is 10.5. The lowest BCUT2D eigenvalue weighted by molar-refractivity contribution is 0.272. The highest BCUT2D eigenvalue weighted by Crippen LogP contribution is 2.01. The van der Waals surface area contributed by atoms with Crippen LogP contribution in [0.1, 0.15) is 6.92 Å². The first-order valence-corrected chi connectivity index (χ1v) is 3.63. The molecule has 0 amide bonds. The number of allylic oxidation sites excluding steroid dienone is 1. The van der Waals surface area contributed by atoms with Gasteiger partial charge in [0.25, 0.3) is 0 Å². The molecule has 0 radical (unpaired) electrons. The molecular formula is C7H7N3OS. The first kappa shape index (κ1) is 8.64. The standard InChI is InChI=1S/C7H7N3OS/c1-7(4-11-9-6-12)10-3-2-8-5-10/h2-5H,1H3/b7-4-. The highest BCUT2D eigenvalue weighted by Gasteiger charge is 1.90. The Balaban J connectivity index is 2.64. The van der Waals surface area contributed by atoms with Gasteiger partial charge < -0.3 is 9.40 Å². The number of rotatable bonds is 3. The zero-order valence-corrected chi connectivity index (χ0v) is 7.28. The summed E-state index contributed by atoms with van der Waals surface area (Å²) < 4.78 is 1.79. The normalized spacial score (nSPS) is 10.6. The van der Waals surface area contributed by atoms with Crippen molar-refractivity contribution in [3.05, 3.63) is 25.0 Å². The van der Waals surface area contributed by atoms with Crippen LogP contribution < -0.4 is 0 Å². The van der Waals surface area contributed by atoms with Crippen LogP contribution in [0.2, 0.25) is 0 Å². The molecule has 4 nitrogen and oxygen atoms in total. The fourth-order valence-electron chi connectivity index (χ4n) is 0.653. The molecule has 0 fully saturated rings. The van der Waals surface area contributed by atoms with Gasteiger partial charge in [-0.2, -0.15) is 0 Å². The summed E-state index contributed by atoms with van der Waals surface area (Å²) in [5.41, 5.74) is 0.863. The maximum atomic E-state index is 4.67. The summed E-state index contributed by atoms with van der Waals surface area (Å²) in [6, 6.07) is 0. The molecular weight excluding hydrogens is 174 g/mol. The van der Waals surface area contributed by atoms with Crippen LogP contribution in [-0.4, -0.2) is 14.7 Å². The molecule has 0 bridgehead atoms. The van der Waals surface area contributed by atoms with Crippen molar-refractivity contribution in [3.63, 3.8) is 0 Å². The average Bonchev–Trinajstić information content (AvgIpc) is 2.56.